The first kappa shape index (κ1) is 21.8. The molecule has 10 heteroatoms. The summed E-state index contributed by atoms with van der Waals surface area (Å²) in [6.07, 6.45) is 0.417. The first-order chi connectivity index (χ1) is 13.1. The van der Waals surface area contributed by atoms with Crippen LogP contribution in [0.15, 0.2) is 24.3 Å². The molecule has 1 aliphatic heterocycles. The van der Waals surface area contributed by atoms with Gasteiger partial charge in [-0.2, -0.15) is 0 Å². The molecule has 0 unspecified atom stereocenters. The third-order valence-corrected chi connectivity index (χ3v) is 6.31. The van der Waals surface area contributed by atoms with Crippen LogP contribution in [0.1, 0.15) is 37.0 Å². The van der Waals surface area contributed by atoms with Crippen molar-refractivity contribution in [2.75, 3.05) is 11.5 Å². The highest BCUT2D eigenvalue weighted by atomic mass is 32.2. The summed E-state index contributed by atoms with van der Waals surface area (Å²) in [4.78, 5) is 36.5. The maximum absolute atomic E-state index is 13.0. The van der Waals surface area contributed by atoms with Gasteiger partial charge >= 0.3 is 0 Å². The van der Waals surface area contributed by atoms with Gasteiger partial charge in [0.25, 0.3) is 11.8 Å². The lowest BCUT2D eigenvalue weighted by Crippen LogP contribution is -2.54. The molecule has 2 atom stereocenters. The normalized spacial score (nSPS) is 19.1. The van der Waals surface area contributed by atoms with Crippen LogP contribution in [0, 0.1) is 17.7 Å². The van der Waals surface area contributed by atoms with Crippen LogP contribution in [0.25, 0.3) is 0 Å². The van der Waals surface area contributed by atoms with Crippen molar-refractivity contribution >= 4 is 27.6 Å². The van der Waals surface area contributed by atoms with E-state index in [9.17, 15) is 27.2 Å². The van der Waals surface area contributed by atoms with Crippen LogP contribution in [-0.2, 0) is 19.4 Å². The number of hydrazine groups is 1. The lowest BCUT2D eigenvalue weighted by Gasteiger charge is -2.22. The fraction of sp³-hybridized carbons (Fsp3) is 0.500. The van der Waals surface area contributed by atoms with Crippen molar-refractivity contribution in [3.63, 3.8) is 0 Å². The highest BCUT2D eigenvalue weighted by molar-refractivity contribution is 7.91. The molecule has 3 N–H and O–H groups in total. The Balaban J connectivity index is 1.87. The molecule has 0 radical (unpaired) electrons. The van der Waals surface area contributed by atoms with Crippen LogP contribution in [-0.4, -0.2) is 43.7 Å². The zero-order valence-corrected chi connectivity index (χ0v) is 16.5. The van der Waals surface area contributed by atoms with Crippen LogP contribution in [0.2, 0.25) is 0 Å². The number of halogens is 1. The van der Waals surface area contributed by atoms with Crippen molar-refractivity contribution in [2.45, 2.75) is 32.7 Å². The Hall–Kier alpha value is -2.49. The molecule has 2 rings (SSSR count). The van der Waals surface area contributed by atoms with E-state index in [4.69, 9.17) is 0 Å². The van der Waals surface area contributed by atoms with Gasteiger partial charge in [0, 0.05) is 12.0 Å². The van der Waals surface area contributed by atoms with E-state index in [1.54, 1.807) is 13.8 Å². The number of rotatable bonds is 6. The molecule has 154 valence electrons. The van der Waals surface area contributed by atoms with E-state index < -0.39 is 39.4 Å². The lowest BCUT2D eigenvalue weighted by molar-refractivity contribution is -0.130. The summed E-state index contributed by atoms with van der Waals surface area (Å²) in [5.41, 5.74) is 4.72. The molecule has 1 aromatic rings. The average Bonchev–Trinajstić information content (AvgIpc) is 2.96. The highest BCUT2D eigenvalue weighted by Crippen LogP contribution is 2.21. The van der Waals surface area contributed by atoms with Gasteiger partial charge in [-0.05, 0) is 42.5 Å². The Morgan fingerprint density at radius 3 is 2.32 bits per heavy atom. The Bertz CT molecular complexity index is 839. The molecular formula is C18H24FN3O5S. The van der Waals surface area contributed by atoms with Crippen molar-refractivity contribution in [1.29, 1.82) is 0 Å². The van der Waals surface area contributed by atoms with Gasteiger partial charge in [-0.25, -0.2) is 12.8 Å². The number of hydrogen-bond acceptors (Lipinski definition) is 5. The molecule has 0 spiro atoms. The topological polar surface area (TPSA) is 121 Å². The molecule has 1 saturated heterocycles. The first-order valence-electron chi connectivity index (χ1n) is 8.93. The monoisotopic (exact) mass is 413 g/mol. The fourth-order valence-corrected chi connectivity index (χ4v) is 4.78. The number of carbonyl (C=O) groups is 3. The summed E-state index contributed by atoms with van der Waals surface area (Å²) in [6, 6.07) is 3.96. The molecule has 8 nitrogen and oxygen atoms in total. The number of nitrogens with one attached hydrogen (secondary N) is 3. The first-order valence-corrected chi connectivity index (χ1v) is 10.7. The second-order valence-corrected chi connectivity index (χ2v) is 9.44. The van der Waals surface area contributed by atoms with E-state index in [2.05, 4.69) is 16.2 Å². The molecule has 0 saturated carbocycles. The fourth-order valence-electron chi connectivity index (χ4n) is 2.92. The molecule has 1 aliphatic rings. The van der Waals surface area contributed by atoms with Crippen LogP contribution in [0.5, 0.6) is 0 Å². The van der Waals surface area contributed by atoms with Gasteiger partial charge in [0.1, 0.15) is 11.9 Å². The van der Waals surface area contributed by atoms with Gasteiger partial charge in [0.05, 0.1) is 11.5 Å². The van der Waals surface area contributed by atoms with Gasteiger partial charge in [-0.15, -0.1) is 0 Å². The van der Waals surface area contributed by atoms with Crippen molar-refractivity contribution in [3.05, 3.63) is 35.6 Å². The zero-order chi connectivity index (χ0) is 20.9. The zero-order valence-electron chi connectivity index (χ0n) is 15.7. The van der Waals surface area contributed by atoms with Crippen molar-refractivity contribution in [2.24, 2.45) is 11.8 Å². The summed E-state index contributed by atoms with van der Waals surface area (Å²) < 4.78 is 35.8. The minimum absolute atomic E-state index is 0.00616. The molecule has 0 bridgehead atoms. The summed E-state index contributed by atoms with van der Waals surface area (Å²) in [6.45, 7) is 3.45. The number of amides is 3. The van der Waals surface area contributed by atoms with Gasteiger partial charge in [-0.3, -0.25) is 25.2 Å². The average molecular weight is 413 g/mol. The SMILES string of the molecule is CC(C)[C@H](NC(=O)c1ccc(F)cc1)C(=O)NNC(=O)C[C@H]1CCS(=O)(=O)C1. The molecule has 1 fully saturated rings. The predicted molar refractivity (Wildman–Crippen MR) is 100 cm³/mol. The quantitative estimate of drug-likeness (QED) is 0.588. The number of hydrogen-bond donors (Lipinski definition) is 3. The third kappa shape index (κ3) is 6.29. The van der Waals surface area contributed by atoms with Crippen LogP contribution in [0.4, 0.5) is 4.39 Å². The number of sulfone groups is 1. The molecule has 1 aromatic carbocycles. The van der Waals surface area contributed by atoms with Crippen LogP contribution in [0.3, 0.4) is 0 Å². The summed E-state index contributed by atoms with van der Waals surface area (Å²) in [7, 11) is -3.08. The largest absolute Gasteiger partial charge is 0.340 e. The van der Waals surface area contributed by atoms with Gasteiger partial charge in [0.15, 0.2) is 9.84 Å². The summed E-state index contributed by atoms with van der Waals surface area (Å²) >= 11 is 0. The van der Waals surface area contributed by atoms with E-state index in [1.165, 1.54) is 12.1 Å². The smallest absolute Gasteiger partial charge is 0.261 e. The van der Waals surface area contributed by atoms with E-state index in [-0.39, 0.29) is 35.3 Å². The lowest BCUT2D eigenvalue weighted by atomic mass is 10.0. The second-order valence-electron chi connectivity index (χ2n) is 7.21. The molecule has 0 aromatic heterocycles. The molecule has 1 heterocycles. The maximum Gasteiger partial charge on any atom is 0.261 e. The van der Waals surface area contributed by atoms with E-state index in [0.717, 1.165) is 12.1 Å². The standard InChI is InChI=1S/C18H24FN3O5S/c1-11(2)16(20-17(24)13-3-5-14(19)6-4-13)18(25)22-21-15(23)9-12-7-8-28(26,27)10-12/h3-6,11-12,16H,7-10H2,1-2H3,(H,20,24)(H,21,23)(H,22,25)/t12-,16+/m1/s1. The number of benzene rings is 1. The van der Waals surface area contributed by atoms with Crippen molar-refractivity contribution < 1.29 is 27.2 Å². The Morgan fingerprint density at radius 2 is 1.79 bits per heavy atom. The van der Waals surface area contributed by atoms with Crippen molar-refractivity contribution in [1.82, 2.24) is 16.2 Å². The van der Waals surface area contributed by atoms with E-state index in [0.29, 0.717) is 6.42 Å². The Kier molecular flexibility index (Phi) is 7.11. The molecule has 28 heavy (non-hydrogen) atoms. The van der Waals surface area contributed by atoms with E-state index in [1.807, 2.05) is 0 Å². The number of carbonyl (C=O) groups excluding carboxylic acids is 3. The third-order valence-electron chi connectivity index (χ3n) is 4.47. The van der Waals surface area contributed by atoms with Crippen LogP contribution >= 0.6 is 0 Å². The molecule has 0 aliphatic carbocycles. The minimum Gasteiger partial charge on any atom is -0.340 e. The van der Waals surface area contributed by atoms with Crippen molar-refractivity contribution in [3.8, 4) is 0 Å². The predicted octanol–water partition coefficient (Wildman–Crippen LogP) is 0.552. The van der Waals surface area contributed by atoms with E-state index >= 15 is 0 Å². The second kappa shape index (κ2) is 9.13. The maximum atomic E-state index is 13.0. The minimum atomic E-state index is -3.08. The summed E-state index contributed by atoms with van der Waals surface area (Å²) in [5, 5.41) is 2.56. The van der Waals surface area contributed by atoms with Gasteiger partial charge in [0.2, 0.25) is 5.91 Å². The summed E-state index contributed by atoms with van der Waals surface area (Å²) in [5.74, 6) is -2.63. The van der Waals surface area contributed by atoms with Gasteiger partial charge in [-0.1, -0.05) is 13.8 Å². The van der Waals surface area contributed by atoms with Crippen LogP contribution < -0.4 is 16.2 Å². The molecular weight excluding hydrogens is 389 g/mol. The highest BCUT2D eigenvalue weighted by Gasteiger charge is 2.30. The Labute approximate surface area is 163 Å². The Morgan fingerprint density at radius 1 is 1.14 bits per heavy atom. The molecule has 3 amide bonds. The van der Waals surface area contributed by atoms with Gasteiger partial charge < -0.3 is 5.32 Å².